The predicted octanol–water partition coefficient (Wildman–Crippen LogP) is 4.03. The monoisotopic (exact) mass is 549 g/mol. The van der Waals surface area contributed by atoms with Crippen LogP contribution >= 0.6 is 0 Å². The fraction of sp³-hybridized carbons (Fsp3) is 0.308. The molecule has 5 aromatic rings. The highest BCUT2D eigenvalue weighted by atomic mass is 19.3. The van der Waals surface area contributed by atoms with Gasteiger partial charge in [-0.25, -0.2) is 28.2 Å². The van der Waals surface area contributed by atoms with Gasteiger partial charge in [-0.1, -0.05) is 0 Å². The van der Waals surface area contributed by atoms with E-state index in [0.29, 0.717) is 46.1 Å². The van der Waals surface area contributed by atoms with Gasteiger partial charge in [0.25, 0.3) is 11.8 Å². The lowest BCUT2D eigenvalue weighted by molar-refractivity contribution is -0.135. The molecule has 0 amide bonds. The minimum Gasteiger partial charge on any atom is -0.478 e. The van der Waals surface area contributed by atoms with Crippen LogP contribution in [-0.2, 0) is 0 Å². The number of pyridine rings is 2. The normalized spacial score (nSPS) is 17.2. The van der Waals surface area contributed by atoms with Gasteiger partial charge in [0.2, 0.25) is 0 Å². The summed E-state index contributed by atoms with van der Waals surface area (Å²) in [6, 6.07) is 9.00. The van der Waals surface area contributed by atoms with Crippen molar-refractivity contribution in [2.24, 2.45) is 0 Å². The van der Waals surface area contributed by atoms with Crippen LogP contribution in [0.1, 0.15) is 12.0 Å². The molecule has 206 valence electrons. The number of hydrogen-bond acceptors (Lipinski definition) is 11. The number of ether oxygens (including phenoxy) is 3. The fourth-order valence-corrected chi connectivity index (χ4v) is 4.62. The summed E-state index contributed by atoms with van der Waals surface area (Å²) in [5, 5.41) is 15.0. The largest absolute Gasteiger partial charge is 0.478 e. The highest BCUT2D eigenvalue weighted by molar-refractivity contribution is 5.96. The molecule has 40 heavy (non-hydrogen) atoms. The van der Waals surface area contributed by atoms with Crippen molar-refractivity contribution in [3.05, 3.63) is 54.6 Å². The first kappa shape index (κ1) is 25.6. The summed E-state index contributed by atoms with van der Waals surface area (Å²) in [6.45, 7) is 1.97. The van der Waals surface area contributed by atoms with E-state index >= 15 is 0 Å². The Morgan fingerprint density at radius 1 is 1.12 bits per heavy atom. The number of hydrogen-bond donors (Lipinski definition) is 1. The number of rotatable bonds is 7. The second kappa shape index (κ2) is 10.1. The van der Waals surface area contributed by atoms with Crippen molar-refractivity contribution in [1.29, 1.82) is 0 Å². The van der Waals surface area contributed by atoms with Crippen LogP contribution in [0.3, 0.4) is 0 Å². The Hall–Kier alpha value is -4.72. The van der Waals surface area contributed by atoms with E-state index in [0.717, 1.165) is 5.56 Å². The van der Waals surface area contributed by atoms with Crippen molar-refractivity contribution in [3.8, 4) is 23.1 Å². The van der Waals surface area contributed by atoms with Gasteiger partial charge in [0.15, 0.2) is 17.5 Å². The number of methoxy groups -OCH3 is 1. The second-order valence-corrected chi connectivity index (χ2v) is 9.52. The Balaban J connectivity index is 1.31. The maximum atomic E-state index is 14.9. The van der Waals surface area contributed by atoms with Crippen LogP contribution in [0, 0.1) is 6.92 Å². The topological polar surface area (TPSA) is 125 Å². The molecule has 12 nitrogen and oxygen atoms in total. The summed E-state index contributed by atoms with van der Waals surface area (Å²) in [7, 11) is 3.07. The summed E-state index contributed by atoms with van der Waals surface area (Å²) in [5.41, 5.74) is 2.50. The Labute approximate surface area is 226 Å². The molecule has 1 aliphatic heterocycles. The lowest BCUT2D eigenvalue weighted by Gasteiger charge is -2.36. The average Bonchev–Trinajstić information content (AvgIpc) is 3.39. The summed E-state index contributed by atoms with van der Waals surface area (Å²) in [4.78, 5) is 14.5. The summed E-state index contributed by atoms with van der Waals surface area (Å²) >= 11 is 0. The number of aryl methyl sites for hydroxylation is 1. The van der Waals surface area contributed by atoms with Gasteiger partial charge in [-0.2, -0.15) is 0 Å². The number of piperidine rings is 1. The van der Waals surface area contributed by atoms with E-state index in [1.807, 2.05) is 25.1 Å². The van der Waals surface area contributed by atoms with Gasteiger partial charge >= 0.3 is 0 Å². The third-order valence-electron chi connectivity index (χ3n) is 6.62. The maximum absolute atomic E-state index is 14.9. The Morgan fingerprint density at radius 2 is 2.00 bits per heavy atom. The quantitative estimate of drug-likeness (QED) is 0.316. The lowest BCUT2D eigenvalue weighted by atomic mass is 10.0. The van der Waals surface area contributed by atoms with Crippen molar-refractivity contribution in [1.82, 2.24) is 39.9 Å². The molecule has 4 aromatic heterocycles. The van der Waals surface area contributed by atoms with Crippen molar-refractivity contribution in [3.63, 3.8) is 0 Å². The third kappa shape index (κ3) is 4.88. The molecule has 1 fully saturated rings. The molecule has 5 heterocycles. The van der Waals surface area contributed by atoms with Crippen LogP contribution in [-0.4, -0.2) is 79.2 Å². The number of aromatic nitrogens is 7. The number of anilines is 2. The zero-order valence-corrected chi connectivity index (χ0v) is 21.9. The minimum atomic E-state index is -3.06. The number of benzene rings is 1. The first-order valence-corrected chi connectivity index (χ1v) is 12.4. The van der Waals surface area contributed by atoms with Crippen LogP contribution in [0.4, 0.5) is 20.3 Å². The van der Waals surface area contributed by atoms with E-state index in [9.17, 15) is 8.78 Å². The second-order valence-electron chi connectivity index (χ2n) is 9.52. The molecule has 1 aliphatic rings. The van der Waals surface area contributed by atoms with Crippen LogP contribution < -0.4 is 19.5 Å². The number of fused-ring (bicyclic) bond motifs is 2. The number of tetrazole rings is 1. The van der Waals surface area contributed by atoms with Crippen molar-refractivity contribution < 1.29 is 23.0 Å². The molecule has 0 aliphatic carbocycles. The highest BCUT2D eigenvalue weighted by Crippen LogP contribution is 2.41. The molecule has 1 aromatic carbocycles. The Morgan fingerprint density at radius 3 is 2.80 bits per heavy atom. The summed E-state index contributed by atoms with van der Waals surface area (Å²) in [6.07, 6.45) is 3.35. The number of nitrogens with zero attached hydrogens (tertiary/aromatic N) is 8. The Bertz CT molecular complexity index is 1700. The first-order valence-electron chi connectivity index (χ1n) is 12.4. The summed E-state index contributed by atoms with van der Waals surface area (Å²) in [5.74, 6) is -1.36. The van der Waals surface area contributed by atoms with Gasteiger partial charge in [-0.15, -0.1) is 5.10 Å². The molecule has 0 spiro atoms. The van der Waals surface area contributed by atoms with Gasteiger partial charge in [-0.05, 0) is 54.2 Å². The molecule has 1 N–H and O–H groups in total. The number of alkyl halides is 2. The van der Waals surface area contributed by atoms with Gasteiger partial charge in [0.05, 0.1) is 30.8 Å². The first-order chi connectivity index (χ1) is 19.3. The number of halogens is 2. The molecule has 0 unspecified atom stereocenters. The zero-order valence-electron chi connectivity index (χ0n) is 21.9. The van der Waals surface area contributed by atoms with Crippen molar-refractivity contribution >= 4 is 28.1 Å². The van der Waals surface area contributed by atoms with Gasteiger partial charge in [0.1, 0.15) is 23.6 Å². The molecule has 6 rings (SSSR count). The number of likely N-dealkylation sites (tertiary alicyclic amines) is 1. The van der Waals surface area contributed by atoms with Crippen LogP contribution in [0.25, 0.3) is 16.6 Å². The van der Waals surface area contributed by atoms with Crippen LogP contribution in [0.15, 0.2) is 49.1 Å². The standard InChI is InChI=1S/C26H25F2N9O3/c1-15-10-16(4-5-19(15)39-17-6-9-37-21(11-17)33-34-35-37)32-24-22-18(30-14-31-24)12-29-25(38-3)23(22)40-20-7-8-36(2)13-26(20,27)28/h4-6,9-12,14,20H,7-8,13H2,1-3H3,(H,30,31,32)/t20-/m0/s1. The zero-order chi connectivity index (χ0) is 27.9. The minimum absolute atomic E-state index is 0.0624. The average molecular weight is 550 g/mol. The molecule has 1 atom stereocenters. The van der Waals surface area contributed by atoms with Crippen LogP contribution in [0.2, 0.25) is 0 Å². The lowest BCUT2D eigenvalue weighted by Crippen LogP contribution is -2.52. The predicted molar refractivity (Wildman–Crippen MR) is 141 cm³/mol. The van der Waals surface area contributed by atoms with E-state index in [1.165, 1.54) is 24.1 Å². The van der Waals surface area contributed by atoms with Gasteiger partial charge in [0, 0.05) is 30.9 Å². The van der Waals surface area contributed by atoms with Crippen molar-refractivity contribution in [2.45, 2.75) is 25.4 Å². The van der Waals surface area contributed by atoms with Gasteiger partial charge < -0.3 is 24.4 Å². The third-order valence-corrected chi connectivity index (χ3v) is 6.62. The highest BCUT2D eigenvalue weighted by Gasteiger charge is 2.46. The van der Waals surface area contributed by atoms with Crippen LogP contribution in [0.5, 0.6) is 23.1 Å². The van der Waals surface area contributed by atoms with E-state index in [1.54, 1.807) is 30.3 Å². The van der Waals surface area contributed by atoms with E-state index in [2.05, 4.69) is 35.8 Å². The smallest absolute Gasteiger partial charge is 0.296 e. The molecular formula is C26H25F2N9O3. The van der Waals surface area contributed by atoms with E-state index < -0.39 is 18.6 Å². The molecular weight excluding hydrogens is 524 g/mol. The SMILES string of the molecule is COc1ncc2ncnc(Nc3ccc(Oc4ccn5nnnc5c4)c(C)c3)c2c1O[C@H]1CCN(C)CC1(F)F. The molecule has 0 bridgehead atoms. The fourth-order valence-electron chi connectivity index (χ4n) is 4.62. The molecule has 0 radical (unpaired) electrons. The molecule has 1 saturated heterocycles. The van der Waals surface area contributed by atoms with Crippen molar-refractivity contribution in [2.75, 3.05) is 32.6 Å². The maximum Gasteiger partial charge on any atom is 0.296 e. The Kier molecular flexibility index (Phi) is 6.46. The van der Waals surface area contributed by atoms with E-state index in [-0.39, 0.29) is 18.1 Å². The van der Waals surface area contributed by atoms with E-state index in [4.69, 9.17) is 14.2 Å². The number of nitrogens with one attached hydrogen (secondary N) is 1. The molecule has 0 saturated carbocycles. The van der Waals surface area contributed by atoms with Gasteiger partial charge in [-0.3, -0.25) is 0 Å². The summed E-state index contributed by atoms with van der Waals surface area (Å²) < 4.78 is 48.7. The molecule has 14 heteroatoms.